The van der Waals surface area contributed by atoms with Crippen LogP contribution in [0.4, 0.5) is 5.82 Å². The molecule has 6 heteroatoms. The fraction of sp³-hybridized carbons (Fsp3) is 0.200. The van der Waals surface area contributed by atoms with E-state index < -0.39 is 0 Å². The minimum Gasteiger partial charge on any atom is -0.490 e. The lowest BCUT2D eigenvalue weighted by Gasteiger charge is -2.10. The second-order valence-electron chi connectivity index (χ2n) is 5.66. The van der Waals surface area contributed by atoms with Gasteiger partial charge >= 0.3 is 0 Å². The van der Waals surface area contributed by atoms with Crippen LogP contribution >= 0.6 is 11.3 Å². The molecule has 0 spiro atoms. The molecule has 0 atom stereocenters. The number of rotatable bonds is 7. The normalized spacial score (nSPS) is 10.4. The quantitative estimate of drug-likeness (QED) is 0.658. The van der Waals surface area contributed by atoms with Crippen LogP contribution in [0.3, 0.4) is 0 Å². The van der Waals surface area contributed by atoms with Gasteiger partial charge in [0.2, 0.25) is 0 Å². The Kier molecular flexibility index (Phi) is 5.86. The predicted molar refractivity (Wildman–Crippen MR) is 103 cm³/mol. The van der Waals surface area contributed by atoms with Gasteiger partial charge in [-0.15, -0.1) is 11.3 Å². The van der Waals surface area contributed by atoms with Gasteiger partial charge in [0.15, 0.2) is 11.5 Å². The average Bonchev–Trinajstić information content (AvgIpc) is 3.10. The van der Waals surface area contributed by atoms with Crippen molar-refractivity contribution in [2.75, 3.05) is 11.9 Å². The Hall–Kier alpha value is -2.86. The molecule has 2 heterocycles. The molecule has 0 saturated carbocycles. The first-order valence-electron chi connectivity index (χ1n) is 8.31. The van der Waals surface area contributed by atoms with Gasteiger partial charge in [0, 0.05) is 11.8 Å². The van der Waals surface area contributed by atoms with Gasteiger partial charge < -0.3 is 14.8 Å². The monoisotopic (exact) mass is 368 g/mol. The van der Waals surface area contributed by atoms with Crippen LogP contribution in [0.25, 0.3) is 0 Å². The van der Waals surface area contributed by atoms with Crippen molar-refractivity contribution in [3.05, 3.63) is 70.0 Å². The topological polar surface area (TPSA) is 60.5 Å². The van der Waals surface area contributed by atoms with Gasteiger partial charge in [-0.3, -0.25) is 4.79 Å². The highest BCUT2D eigenvalue weighted by Crippen LogP contribution is 2.28. The van der Waals surface area contributed by atoms with Gasteiger partial charge in [-0.1, -0.05) is 12.1 Å². The van der Waals surface area contributed by atoms with E-state index >= 15 is 0 Å². The summed E-state index contributed by atoms with van der Waals surface area (Å²) in [7, 11) is 0. The molecule has 0 saturated heterocycles. The zero-order chi connectivity index (χ0) is 18.4. The van der Waals surface area contributed by atoms with Crippen molar-refractivity contribution in [2.45, 2.75) is 20.5 Å². The summed E-state index contributed by atoms with van der Waals surface area (Å²) in [5.41, 5.74) is 1.98. The standard InChI is InChI=1S/C20H20N2O3S/c1-3-24-16-6-4-5-7-17(16)25-12-15-11-18(26-13-15)20(23)22-19-10-14(2)8-9-21-19/h4-11,13H,3,12H2,1-2H3,(H,21,22,23). The number of ether oxygens (including phenoxy) is 2. The third-order valence-electron chi connectivity index (χ3n) is 3.58. The Labute approximate surface area is 156 Å². The van der Waals surface area contributed by atoms with E-state index in [1.54, 1.807) is 6.20 Å². The van der Waals surface area contributed by atoms with Crippen molar-refractivity contribution < 1.29 is 14.3 Å². The fourth-order valence-electron chi connectivity index (χ4n) is 2.36. The van der Waals surface area contributed by atoms with Crippen LogP contribution in [-0.2, 0) is 6.61 Å². The molecule has 0 aliphatic carbocycles. The Bertz CT molecular complexity index is 892. The van der Waals surface area contributed by atoms with E-state index in [4.69, 9.17) is 9.47 Å². The summed E-state index contributed by atoms with van der Waals surface area (Å²) in [6, 6.07) is 13.1. The van der Waals surface area contributed by atoms with Crippen molar-refractivity contribution in [3.8, 4) is 11.5 Å². The molecule has 1 aromatic carbocycles. The number of aryl methyl sites for hydroxylation is 1. The lowest BCUT2D eigenvalue weighted by Crippen LogP contribution is -2.11. The zero-order valence-electron chi connectivity index (χ0n) is 14.7. The first-order chi connectivity index (χ1) is 12.7. The molecule has 0 unspecified atom stereocenters. The van der Waals surface area contributed by atoms with Crippen LogP contribution in [0.1, 0.15) is 27.7 Å². The number of anilines is 1. The number of hydrogen-bond donors (Lipinski definition) is 1. The lowest BCUT2D eigenvalue weighted by atomic mass is 10.3. The number of para-hydroxylation sites is 2. The van der Waals surface area contributed by atoms with E-state index in [9.17, 15) is 4.79 Å². The number of benzene rings is 1. The molecule has 0 fully saturated rings. The first-order valence-corrected chi connectivity index (χ1v) is 9.19. The van der Waals surface area contributed by atoms with Crippen molar-refractivity contribution in [3.63, 3.8) is 0 Å². The maximum atomic E-state index is 12.4. The summed E-state index contributed by atoms with van der Waals surface area (Å²) in [6.07, 6.45) is 1.68. The van der Waals surface area contributed by atoms with Crippen LogP contribution in [0.2, 0.25) is 0 Å². The van der Waals surface area contributed by atoms with Gasteiger partial charge in [-0.05, 0) is 55.1 Å². The summed E-state index contributed by atoms with van der Waals surface area (Å²) < 4.78 is 11.4. The van der Waals surface area contributed by atoms with Gasteiger partial charge in [0.1, 0.15) is 12.4 Å². The Morgan fingerprint density at radius 2 is 1.92 bits per heavy atom. The summed E-state index contributed by atoms with van der Waals surface area (Å²) >= 11 is 1.38. The molecule has 0 bridgehead atoms. The number of carbonyl (C=O) groups is 1. The van der Waals surface area contributed by atoms with Crippen LogP contribution in [0.15, 0.2) is 54.0 Å². The zero-order valence-corrected chi connectivity index (χ0v) is 15.5. The minimum atomic E-state index is -0.172. The largest absolute Gasteiger partial charge is 0.490 e. The number of nitrogens with zero attached hydrogens (tertiary/aromatic N) is 1. The molecular weight excluding hydrogens is 348 g/mol. The number of nitrogens with one attached hydrogen (secondary N) is 1. The van der Waals surface area contributed by atoms with E-state index in [2.05, 4.69) is 10.3 Å². The molecule has 0 radical (unpaired) electrons. The van der Waals surface area contributed by atoms with E-state index in [-0.39, 0.29) is 5.91 Å². The Balaban J connectivity index is 1.62. The van der Waals surface area contributed by atoms with Crippen molar-refractivity contribution in [1.82, 2.24) is 4.98 Å². The number of thiophene rings is 1. The van der Waals surface area contributed by atoms with Gasteiger partial charge in [-0.2, -0.15) is 0 Å². The first kappa shape index (κ1) is 17.9. The van der Waals surface area contributed by atoms with Crippen molar-refractivity contribution in [2.24, 2.45) is 0 Å². The average molecular weight is 368 g/mol. The second-order valence-corrected chi connectivity index (χ2v) is 6.57. The molecule has 5 nitrogen and oxygen atoms in total. The maximum absolute atomic E-state index is 12.4. The highest BCUT2D eigenvalue weighted by molar-refractivity contribution is 7.12. The number of aromatic nitrogens is 1. The molecule has 3 rings (SSSR count). The Morgan fingerprint density at radius 3 is 2.65 bits per heavy atom. The molecule has 134 valence electrons. The van der Waals surface area contributed by atoms with E-state index in [1.807, 2.05) is 61.7 Å². The molecule has 0 aliphatic heterocycles. The Morgan fingerprint density at radius 1 is 1.15 bits per heavy atom. The highest BCUT2D eigenvalue weighted by Gasteiger charge is 2.11. The summed E-state index contributed by atoms with van der Waals surface area (Å²) in [5, 5.41) is 4.73. The maximum Gasteiger partial charge on any atom is 0.266 e. The van der Waals surface area contributed by atoms with Crippen molar-refractivity contribution in [1.29, 1.82) is 0 Å². The van der Waals surface area contributed by atoms with Crippen LogP contribution in [0, 0.1) is 6.92 Å². The second kappa shape index (κ2) is 8.49. The molecule has 0 aliphatic rings. The van der Waals surface area contributed by atoms with Crippen LogP contribution in [0.5, 0.6) is 11.5 Å². The van der Waals surface area contributed by atoms with E-state index in [0.717, 1.165) is 11.1 Å². The molecule has 1 amide bonds. The smallest absolute Gasteiger partial charge is 0.266 e. The SMILES string of the molecule is CCOc1ccccc1OCc1csc(C(=O)Nc2cc(C)ccn2)c1. The summed E-state index contributed by atoms with van der Waals surface area (Å²) in [5.74, 6) is 1.78. The third kappa shape index (κ3) is 4.61. The highest BCUT2D eigenvalue weighted by atomic mass is 32.1. The third-order valence-corrected chi connectivity index (χ3v) is 4.56. The van der Waals surface area contributed by atoms with Gasteiger partial charge in [0.05, 0.1) is 11.5 Å². The van der Waals surface area contributed by atoms with Crippen LogP contribution in [-0.4, -0.2) is 17.5 Å². The molecule has 3 aromatic rings. The van der Waals surface area contributed by atoms with Gasteiger partial charge in [0.25, 0.3) is 5.91 Å². The molecule has 1 N–H and O–H groups in total. The summed E-state index contributed by atoms with van der Waals surface area (Å²) in [6.45, 7) is 4.84. The molecule has 2 aromatic heterocycles. The fourth-order valence-corrected chi connectivity index (χ4v) is 3.15. The van der Waals surface area contributed by atoms with Gasteiger partial charge in [-0.25, -0.2) is 4.98 Å². The number of amides is 1. The predicted octanol–water partition coefficient (Wildman–Crippen LogP) is 4.68. The molecule has 26 heavy (non-hydrogen) atoms. The summed E-state index contributed by atoms with van der Waals surface area (Å²) in [4.78, 5) is 17.1. The van der Waals surface area contributed by atoms with Crippen LogP contribution < -0.4 is 14.8 Å². The van der Waals surface area contributed by atoms with E-state index in [1.165, 1.54) is 11.3 Å². The molecular formula is C20H20N2O3S. The minimum absolute atomic E-state index is 0.172. The van der Waals surface area contributed by atoms with Crippen molar-refractivity contribution >= 4 is 23.1 Å². The number of hydrogen-bond acceptors (Lipinski definition) is 5. The number of carbonyl (C=O) groups excluding carboxylic acids is 1. The number of pyridine rings is 1. The lowest BCUT2D eigenvalue weighted by molar-refractivity contribution is 0.103. The van der Waals surface area contributed by atoms with E-state index in [0.29, 0.717) is 35.4 Å².